The molecule has 5 heteroatoms. The van der Waals surface area contributed by atoms with E-state index in [0.717, 1.165) is 34.7 Å². The number of aromatic nitrogens is 2. The fourth-order valence-electron chi connectivity index (χ4n) is 3.63. The third-order valence-corrected chi connectivity index (χ3v) is 5.08. The summed E-state index contributed by atoms with van der Waals surface area (Å²) in [6.45, 7) is 5.03. The SMILES string of the molecule is CCc1ccc(N(CC)C(=O)c2nn(C)c3c2COc2ccccc2-3)cc1. The Morgan fingerprint density at radius 2 is 1.89 bits per heavy atom. The first-order valence-corrected chi connectivity index (χ1v) is 9.32. The van der Waals surface area contributed by atoms with E-state index in [0.29, 0.717) is 18.8 Å². The molecule has 5 nitrogen and oxygen atoms in total. The van der Waals surface area contributed by atoms with E-state index in [1.54, 1.807) is 9.58 Å². The summed E-state index contributed by atoms with van der Waals surface area (Å²) in [6, 6.07) is 16.0. The van der Waals surface area contributed by atoms with Gasteiger partial charge in [0.25, 0.3) is 5.91 Å². The zero-order valence-corrected chi connectivity index (χ0v) is 15.9. The molecule has 0 radical (unpaired) electrons. The van der Waals surface area contributed by atoms with Gasteiger partial charge in [-0.2, -0.15) is 5.10 Å². The van der Waals surface area contributed by atoms with Gasteiger partial charge in [0.1, 0.15) is 12.4 Å². The standard InChI is InChI=1S/C22H23N3O2/c1-4-15-10-12-16(13-11-15)25(5-2)22(26)20-18-14-27-19-9-7-6-8-17(19)21(18)24(3)23-20/h6-13H,4-5,14H2,1-3H3. The molecule has 0 aliphatic carbocycles. The van der Waals surface area contributed by atoms with Crippen molar-refractivity contribution in [3.05, 3.63) is 65.4 Å². The van der Waals surface area contributed by atoms with Gasteiger partial charge in [-0.15, -0.1) is 0 Å². The van der Waals surface area contributed by atoms with E-state index in [2.05, 4.69) is 24.2 Å². The maximum absolute atomic E-state index is 13.3. The lowest BCUT2D eigenvalue weighted by molar-refractivity contribution is 0.0980. The van der Waals surface area contributed by atoms with Crippen molar-refractivity contribution in [2.45, 2.75) is 26.9 Å². The van der Waals surface area contributed by atoms with Crippen LogP contribution in [0, 0.1) is 0 Å². The molecule has 2 aromatic carbocycles. The molecule has 1 aromatic heterocycles. The van der Waals surface area contributed by atoms with E-state index in [4.69, 9.17) is 4.74 Å². The van der Waals surface area contributed by atoms with Gasteiger partial charge in [0.15, 0.2) is 5.69 Å². The topological polar surface area (TPSA) is 47.4 Å². The number of aryl methyl sites for hydroxylation is 2. The van der Waals surface area contributed by atoms with E-state index in [1.165, 1.54) is 5.56 Å². The predicted octanol–water partition coefficient (Wildman–Crippen LogP) is 4.21. The third-order valence-electron chi connectivity index (χ3n) is 5.08. The van der Waals surface area contributed by atoms with Crippen LogP contribution in [-0.2, 0) is 20.1 Å². The summed E-state index contributed by atoms with van der Waals surface area (Å²) in [4.78, 5) is 15.1. The number of hydrogen-bond donors (Lipinski definition) is 0. The molecule has 1 aliphatic heterocycles. The van der Waals surface area contributed by atoms with Gasteiger partial charge in [0.2, 0.25) is 0 Å². The number of fused-ring (bicyclic) bond motifs is 3. The maximum Gasteiger partial charge on any atom is 0.279 e. The van der Waals surface area contributed by atoms with Crippen molar-refractivity contribution in [3.8, 4) is 17.0 Å². The van der Waals surface area contributed by atoms with Crippen molar-refractivity contribution in [1.29, 1.82) is 0 Å². The smallest absolute Gasteiger partial charge is 0.279 e. The molecule has 0 saturated carbocycles. The van der Waals surface area contributed by atoms with Crippen LogP contribution in [0.25, 0.3) is 11.3 Å². The number of ether oxygens (including phenoxy) is 1. The number of hydrogen-bond acceptors (Lipinski definition) is 3. The number of para-hydroxylation sites is 1. The van der Waals surface area contributed by atoms with Crippen LogP contribution < -0.4 is 9.64 Å². The van der Waals surface area contributed by atoms with Gasteiger partial charge in [-0.25, -0.2) is 0 Å². The van der Waals surface area contributed by atoms with Crippen LogP contribution in [0.3, 0.4) is 0 Å². The largest absolute Gasteiger partial charge is 0.488 e. The van der Waals surface area contributed by atoms with Crippen LogP contribution in [-0.4, -0.2) is 22.2 Å². The van der Waals surface area contributed by atoms with Gasteiger partial charge in [-0.05, 0) is 43.2 Å². The lowest BCUT2D eigenvalue weighted by Gasteiger charge is -2.22. The van der Waals surface area contributed by atoms with Crippen molar-refractivity contribution < 1.29 is 9.53 Å². The fourth-order valence-corrected chi connectivity index (χ4v) is 3.63. The van der Waals surface area contributed by atoms with E-state index in [-0.39, 0.29) is 5.91 Å². The Bertz CT molecular complexity index is 989. The van der Waals surface area contributed by atoms with E-state index < -0.39 is 0 Å². The monoisotopic (exact) mass is 361 g/mol. The maximum atomic E-state index is 13.3. The highest BCUT2D eigenvalue weighted by Crippen LogP contribution is 2.38. The van der Waals surface area contributed by atoms with Crippen molar-refractivity contribution in [2.24, 2.45) is 7.05 Å². The number of amides is 1. The van der Waals surface area contributed by atoms with Crippen LogP contribution >= 0.6 is 0 Å². The van der Waals surface area contributed by atoms with E-state index in [9.17, 15) is 4.79 Å². The Hall–Kier alpha value is -3.08. The summed E-state index contributed by atoms with van der Waals surface area (Å²) in [5.41, 5.74) is 5.38. The van der Waals surface area contributed by atoms with Gasteiger partial charge >= 0.3 is 0 Å². The molecule has 0 bridgehead atoms. The van der Waals surface area contributed by atoms with Crippen molar-refractivity contribution >= 4 is 11.6 Å². The first kappa shape index (κ1) is 17.3. The second kappa shape index (κ2) is 6.91. The average Bonchev–Trinajstić information content (AvgIpc) is 3.06. The van der Waals surface area contributed by atoms with Gasteiger partial charge in [0.05, 0.1) is 5.69 Å². The molecule has 0 unspecified atom stereocenters. The Balaban J connectivity index is 1.74. The number of benzene rings is 2. The highest BCUT2D eigenvalue weighted by Gasteiger charge is 2.30. The minimum atomic E-state index is -0.0958. The molecule has 0 fully saturated rings. The Kier molecular flexibility index (Phi) is 4.44. The van der Waals surface area contributed by atoms with Crippen LogP contribution in [0.5, 0.6) is 5.75 Å². The predicted molar refractivity (Wildman–Crippen MR) is 106 cm³/mol. The summed E-state index contributed by atoms with van der Waals surface area (Å²) < 4.78 is 7.67. The second-order valence-corrected chi connectivity index (χ2v) is 6.65. The molecule has 4 rings (SSSR count). The fraction of sp³-hybridized carbons (Fsp3) is 0.273. The van der Waals surface area contributed by atoms with Gasteiger partial charge < -0.3 is 9.64 Å². The van der Waals surface area contributed by atoms with Crippen molar-refractivity contribution in [2.75, 3.05) is 11.4 Å². The molecule has 27 heavy (non-hydrogen) atoms. The summed E-state index contributed by atoms with van der Waals surface area (Å²) in [5, 5.41) is 4.56. The van der Waals surface area contributed by atoms with Crippen LogP contribution in [0.1, 0.15) is 35.5 Å². The molecule has 0 atom stereocenters. The summed E-state index contributed by atoms with van der Waals surface area (Å²) in [5.74, 6) is 0.732. The molecule has 0 spiro atoms. The molecule has 1 amide bonds. The average molecular weight is 361 g/mol. The van der Waals surface area contributed by atoms with Crippen molar-refractivity contribution in [3.63, 3.8) is 0 Å². The van der Waals surface area contributed by atoms with Gasteiger partial charge in [0, 0.05) is 30.4 Å². The second-order valence-electron chi connectivity index (χ2n) is 6.65. The zero-order valence-electron chi connectivity index (χ0n) is 15.9. The molecule has 3 aromatic rings. The lowest BCUT2D eigenvalue weighted by atomic mass is 10.0. The normalized spacial score (nSPS) is 12.1. The third kappa shape index (κ3) is 2.89. The molecule has 1 aliphatic rings. The first-order valence-electron chi connectivity index (χ1n) is 9.32. The Morgan fingerprint density at radius 3 is 2.59 bits per heavy atom. The molecule has 138 valence electrons. The molecular formula is C22H23N3O2. The van der Waals surface area contributed by atoms with Gasteiger partial charge in [-0.3, -0.25) is 9.48 Å². The number of carbonyl (C=O) groups excluding carboxylic acids is 1. The number of anilines is 1. The number of rotatable bonds is 4. The molecule has 2 heterocycles. The van der Waals surface area contributed by atoms with E-state index in [1.807, 2.05) is 50.4 Å². The minimum absolute atomic E-state index is 0.0958. The summed E-state index contributed by atoms with van der Waals surface area (Å²) in [6.07, 6.45) is 0.977. The molecular weight excluding hydrogens is 338 g/mol. The Morgan fingerprint density at radius 1 is 1.15 bits per heavy atom. The summed E-state index contributed by atoms with van der Waals surface area (Å²) in [7, 11) is 1.88. The molecule has 0 saturated heterocycles. The highest BCUT2D eigenvalue weighted by atomic mass is 16.5. The van der Waals surface area contributed by atoms with Gasteiger partial charge in [-0.1, -0.05) is 31.2 Å². The number of carbonyl (C=O) groups is 1. The van der Waals surface area contributed by atoms with Crippen molar-refractivity contribution in [1.82, 2.24) is 9.78 Å². The van der Waals surface area contributed by atoms with Crippen LogP contribution in [0.15, 0.2) is 48.5 Å². The summed E-state index contributed by atoms with van der Waals surface area (Å²) >= 11 is 0. The number of nitrogens with zero attached hydrogens (tertiary/aromatic N) is 3. The highest BCUT2D eigenvalue weighted by molar-refractivity contribution is 6.06. The zero-order chi connectivity index (χ0) is 19.0. The first-order chi connectivity index (χ1) is 13.1. The molecule has 0 N–H and O–H groups in total. The Labute approximate surface area is 159 Å². The van der Waals surface area contributed by atoms with E-state index >= 15 is 0 Å². The lowest BCUT2D eigenvalue weighted by Crippen LogP contribution is -2.32. The minimum Gasteiger partial charge on any atom is -0.488 e. The van der Waals surface area contributed by atoms with Crippen LogP contribution in [0.4, 0.5) is 5.69 Å². The quantitative estimate of drug-likeness (QED) is 0.699. The van der Waals surface area contributed by atoms with Crippen LogP contribution in [0.2, 0.25) is 0 Å².